The monoisotopic (exact) mass is 339 g/mol. The number of ether oxygens (including phenoxy) is 2. The van der Waals surface area contributed by atoms with Gasteiger partial charge in [0.2, 0.25) is 5.91 Å². The van der Waals surface area contributed by atoms with Crippen molar-refractivity contribution in [1.82, 2.24) is 14.7 Å². The van der Waals surface area contributed by atoms with Gasteiger partial charge in [-0.1, -0.05) is 6.07 Å². The van der Waals surface area contributed by atoms with Crippen LogP contribution in [0.1, 0.15) is 30.0 Å². The second kappa shape index (κ2) is 6.63. The van der Waals surface area contributed by atoms with Gasteiger partial charge in [0, 0.05) is 31.4 Å². The molecule has 0 aliphatic carbocycles. The van der Waals surface area contributed by atoms with Crippen LogP contribution < -0.4 is 9.47 Å². The molecule has 1 saturated heterocycles. The number of nitrogens with zero attached hydrogens (tertiary/aromatic N) is 3. The lowest BCUT2D eigenvalue weighted by Gasteiger charge is -2.26. The van der Waals surface area contributed by atoms with E-state index < -0.39 is 0 Å². The number of carbonyl (C=O) groups excluding carboxylic acids is 1. The van der Waals surface area contributed by atoms with Gasteiger partial charge in [-0.05, 0) is 36.6 Å². The fourth-order valence-corrected chi connectivity index (χ4v) is 3.43. The molecule has 25 heavy (non-hydrogen) atoms. The van der Waals surface area contributed by atoms with Crippen LogP contribution in [-0.4, -0.2) is 40.3 Å². The maximum absolute atomic E-state index is 12.7. The van der Waals surface area contributed by atoms with Gasteiger partial charge in [-0.3, -0.25) is 9.48 Å². The molecule has 3 heterocycles. The zero-order valence-corrected chi connectivity index (χ0v) is 14.2. The molecular formula is C19H21N3O3. The van der Waals surface area contributed by atoms with E-state index >= 15 is 0 Å². The standard InChI is InChI=1S/C19H21N3O3/c1-21-13-14(12-20-21)4-7-19(23)22-8-2-3-16(22)15-5-6-17-18(11-15)25-10-9-24-17/h4-7,11-13,16H,2-3,8-10H2,1H3/b7-4+. The highest BCUT2D eigenvalue weighted by molar-refractivity contribution is 5.92. The first-order chi connectivity index (χ1) is 12.2. The zero-order chi connectivity index (χ0) is 17.2. The molecule has 2 aromatic rings. The summed E-state index contributed by atoms with van der Waals surface area (Å²) in [5.41, 5.74) is 2.02. The van der Waals surface area contributed by atoms with Crippen molar-refractivity contribution in [2.75, 3.05) is 19.8 Å². The van der Waals surface area contributed by atoms with Crippen LogP contribution in [0.4, 0.5) is 0 Å². The predicted octanol–water partition coefficient (Wildman–Crippen LogP) is 2.57. The van der Waals surface area contributed by atoms with E-state index in [1.165, 1.54) is 0 Å². The van der Waals surface area contributed by atoms with Gasteiger partial charge in [-0.2, -0.15) is 5.10 Å². The van der Waals surface area contributed by atoms with E-state index in [1.54, 1.807) is 17.0 Å². The maximum atomic E-state index is 12.7. The average molecular weight is 339 g/mol. The third kappa shape index (κ3) is 3.24. The Kier molecular flexibility index (Phi) is 4.17. The Hall–Kier alpha value is -2.76. The molecule has 0 bridgehead atoms. The number of likely N-dealkylation sites (tertiary alicyclic amines) is 1. The smallest absolute Gasteiger partial charge is 0.247 e. The van der Waals surface area contributed by atoms with Crippen LogP contribution in [0.2, 0.25) is 0 Å². The Bertz CT molecular complexity index is 812. The fourth-order valence-electron chi connectivity index (χ4n) is 3.43. The van der Waals surface area contributed by atoms with Crippen molar-refractivity contribution in [2.24, 2.45) is 7.05 Å². The van der Waals surface area contributed by atoms with Crippen molar-refractivity contribution < 1.29 is 14.3 Å². The molecule has 1 amide bonds. The van der Waals surface area contributed by atoms with E-state index in [-0.39, 0.29) is 11.9 Å². The molecule has 1 aromatic heterocycles. The molecule has 130 valence electrons. The number of aromatic nitrogens is 2. The van der Waals surface area contributed by atoms with Crippen molar-refractivity contribution in [3.63, 3.8) is 0 Å². The Morgan fingerprint density at radius 2 is 2.12 bits per heavy atom. The van der Waals surface area contributed by atoms with Gasteiger partial charge in [0.25, 0.3) is 0 Å². The second-order valence-electron chi connectivity index (χ2n) is 6.37. The SMILES string of the molecule is Cn1cc(/C=C/C(=O)N2CCCC2c2ccc3c(c2)OCCO3)cn1. The van der Waals surface area contributed by atoms with Crippen molar-refractivity contribution >= 4 is 12.0 Å². The van der Waals surface area contributed by atoms with Crippen LogP contribution in [0.5, 0.6) is 11.5 Å². The van der Waals surface area contributed by atoms with Crippen LogP contribution in [0.3, 0.4) is 0 Å². The molecule has 2 aliphatic heterocycles. The van der Waals surface area contributed by atoms with Crippen LogP contribution in [0, 0.1) is 0 Å². The summed E-state index contributed by atoms with van der Waals surface area (Å²) < 4.78 is 13.0. The van der Waals surface area contributed by atoms with Crippen LogP contribution >= 0.6 is 0 Å². The molecule has 1 fully saturated rings. The third-order valence-corrected chi connectivity index (χ3v) is 4.63. The van der Waals surface area contributed by atoms with Gasteiger partial charge >= 0.3 is 0 Å². The van der Waals surface area contributed by atoms with Crippen LogP contribution in [-0.2, 0) is 11.8 Å². The largest absolute Gasteiger partial charge is 0.486 e. The van der Waals surface area contributed by atoms with Crippen LogP contribution in [0.25, 0.3) is 6.08 Å². The fraction of sp³-hybridized carbons (Fsp3) is 0.368. The molecule has 1 unspecified atom stereocenters. The summed E-state index contributed by atoms with van der Waals surface area (Å²) in [6.07, 6.45) is 9.04. The number of hydrogen-bond donors (Lipinski definition) is 0. The number of benzene rings is 1. The van der Waals surface area contributed by atoms with E-state index in [2.05, 4.69) is 5.10 Å². The molecule has 1 atom stereocenters. The quantitative estimate of drug-likeness (QED) is 0.807. The zero-order valence-electron chi connectivity index (χ0n) is 14.2. The summed E-state index contributed by atoms with van der Waals surface area (Å²) in [7, 11) is 1.86. The predicted molar refractivity (Wildman–Crippen MR) is 93.4 cm³/mol. The van der Waals surface area contributed by atoms with Gasteiger partial charge in [0.15, 0.2) is 11.5 Å². The molecule has 4 rings (SSSR count). The van der Waals surface area contributed by atoms with Crippen LogP contribution in [0.15, 0.2) is 36.7 Å². The van der Waals surface area contributed by atoms with E-state index in [0.29, 0.717) is 13.2 Å². The lowest BCUT2D eigenvalue weighted by molar-refractivity contribution is -0.126. The highest BCUT2D eigenvalue weighted by Gasteiger charge is 2.29. The molecule has 6 heteroatoms. The first kappa shape index (κ1) is 15.7. The van der Waals surface area contributed by atoms with Gasteiger partial charge < -0.3 is 14.4 Å². The number of hydrogen-bond acceptors (Lipinski definition) is 4. The number of carbonyl (C=O) groups is 1. The summed E-state index contributed by atoms with van der Waals surface area (Å²) in [6, 6.07) is 6.07. The maximum Gasteiger partial charge on any atom is 0.247 e. The third-order valence-electron chi connectivity index (χ3n) is 4.63. The molecule has 0 saturated carbocycles. The molecule has 0 N–H and O–H groups in total. The van der Waals surface area contributed by atoms with Crippen molar-refractivity contribution in [1.29, 1.82) is 0 Å². The van der Waals surface area contributed by atoms with Gasteiger partial charge in [-0.15, -0.1) is 0 Å². The minimum atomic E-state index is 0.0289. The van der Waals surface area contributed by atoms with Gasteiger partial charge in [0.1, 0.15) is 13.2 Å². The Morgan fingerprint density at radius 3 is 2.92 bits per heavy atom. The van der Waals surface area contributed by atoms with Crippen molar-refractivity contribution in [2.45, 2.75) is 18.9 Å². The minimum absolute atomic E-state index is 0.0289. The van der Waals surface area contributed by atoms with Crippen molar-refractivity contribution in [3.8, 4) is 11.5 Å². The van der Waals surface area contributed by atoms with E-state index in [0.717, 1.165) is 42.0 Å². The van der Waals surface area contributed by atoms with E-state index in [9.17, 15) is 4.79 Å². The Balaban J connectivity index is 1.52. The van der Waals surface area contributed by atoms with Gasteiger partial charge in [-0.25, -0.2) is 0 Å². The normalized spacial score (nSPS) is 19.6. The molecule has 0 spiro atoms. The highest BCUT2D eigenvalue weighted by Crippen LogP contribution is 2.38. The first-order valence-corrected chi connectivity index (χ1v) is 8.57. The molecular weight excluding hydrogens is 318 g/mol. The van der Waals surface area contributed by atoms with E-state index in [4.69, 9.17) is 9.47 Å². The molecule has 0 radical (unpaired) electrons. The molecule has 6 nitrogen and oxygen atoms in total. The second-order valence-corrected chi connectivity index (χ2v) is 6.37. The highest BCUT2D eigenvalue weighted by atomic mass is 16.6. The summed E-state index contributed by atoms with van der Waals surface area (Å²) in [6.45, 7) is 1.92. The first-order valence-electron chi connectivity index (χ1n) is 8.57. The number of fused-ring (bicyclic) bond motifs is 1. The molecule has 1 aromatic carbocycles. The summed E-state index contributed by atoms with van der Waals surface area (Å²) in [4.78, 5) is 14.6. The number of aryl methyl sites for hydroxylation is 1. The van der Waals surface area contributed by atoms with E-state index in [1.807, 2.05) is 42.4 Å². The summed E-state index contributed by atoms with van der Waals surface area (Å²) >= 11 is 0. The molecule has 2 aliphatic rings. The number of rotatable bonds is 3. The number of amides is 1. The summed E-state index contributed by atoms with van der Waals surface area (Å²) in [5.74, 6) is 1.58. The lowest BCUT2D eigenvalue weighted by atomic mass is 10.0. The topological polar surface area (TPSA) is 56.6 Å². The Labute approximate surface area is 146 Å². The van der Waals surface area contributed by atoms with Crippen molar-refractivity contribution in [3.05, 3.63) is 47.8 Å². The Morgan fingerprint density at radius 1 is 1.28 bits per heavy atom. The average Bonchev–Trinajstić information content (AvgIpc) is 3.28. The minimum Gasteiger partial charge on any atom is -0.486 e. The lowest BCUT2D eigenvalue weighted by Crippen LogP contribution is -2.29. The van der Waals surface area contributed by atoms with Gasteiger partial charge in [0.05, 0.1) is 12.2 Å². The summed E-state index contributed by atoms with van der Waals surface area (Å²) in [5, 5.41) is 4.11.